The first-order valence-electron chi connectivity index (χ1n) is 25.6. The van der Waals surface area contributed by atoms with Crippen LogP contribution in [0.1, 0.15) is 120 Å². The van der Waals surface area contributed by atoms with E-state index in [1.807, 2.05) is 60.2 Å². The van der Waals surface area contributed by atoms with Crippen LogP contribution < -0.4 is 10.6 Å². The molecule has 6 aromatic rings. The van der Waals surface area contributed by atoms with Gasteiger partial charge in [-0.15, -0.1) is 0 Å². The second-order valence-corrected chi connectivity index (χ2v) is 20.5. The second-order valence-electron chi connectivity index (χ2n) is 20.5. The number of benzene rings is 4. The smallest absolute Gasteiger partial charge is 0.407 e. The van der Waals surface area contributed by atoms with Crippen molar-refractivity contribution in [3.05, 3.63) is 108 Å². The summed E-state index contributed by atoms with van der Waals surface area (Å²) < 4.78 is 11.2. The van der Waals surface area contributed by atoms with Crippen LogP contribution in [-0.4, -0.2) is 93.0 Å². The molecule has 4 amide bonds. The minimum Gasteiger partial charge on any atom is -0.453 e. The predicted octanol–water partition coefficient (Wildman–Crippen LogP) is 9.96. The molecule has 4 heterocycles. The van der Waals surface area contributed by atoms with Gasteiger partial charge >= 0.3 is 6.09 Å². The largest absolute Gasteiger partial charge is 0.453 e. The van der Waals surface area contributed by atoms with Crippen molar-refractivity contribution in [3.8, 4) is 22.4 Å². The second kappa shape index (κ2) is 20.8. The number of hydrogen-bond donors (Lipinski definition) is 4. The van der Waals surface area contributed by atoms with Crippen LogP contribution >= 0.6 is 0 Å². The highest BCUT2D eigenvalue weighted by Crippen LogP contribution is 2.40. The molecule has 4 N–H and O–H groups in total. The van der Waals surface area contributed by atoms with Crippen molar-refractivity contribution >= 4 is 45.6 Å². The lowest BCUT2D eigenvalue weighted by Crippen LogP contribution is -2.51. The highest BCUT2D eigenvalue weighted by Gasteiger charge is 2.42. The van der Waals surface area contributed by atoms with E-state index in [1.54, 1.807) is 0 Å². The number of nitrogens with one attached hydrogen (secondary N) is 4. The molecule has 5 atom stereocenters. The molecule has 2 saturated carbocycles. The third-order valence-electron chi connectivity index (χ3n) is 15.4. The maximum atomic E-state index is 14.9. The molecule has 2 aliphatic carbocycles. The molecule has 70 heavy (non-hydrogen) atoms. The number of carbonyl (C=O) groups is 4. The van der Waals surface area contributed by atoms with Crippen molar-refractivity contribution in [2.45, 2.75) is 109 Å². The zero-order chi connectivity index (χ0) is 48.3. The highest BCUT2D eigenvalue weighted by molar-refractivity contribution is 6.05. The molecule has 366 valence electrons. The van der Waals surface area contributed by atoms with Gasteiger partial charge < -0.3 is 39.9 Å². The summed E-state index contributed by atoms with van der Waals surface area (Å²) in [6, 6.07) is 26.6. The number of hydrogen-bond acceptors (Lipinski definition) is 8. The third kappa shape index (κ3) is 9.92. The summed E-state index contributed by atoms with van der Waals surface area (Å²) in [6.07, 6.45) is 12.6. The zero-order valence-corrected chi connectivity index (χ0v) is 40.6. The molecular formula is C56H66N8O6. The van der Waals surface area contributed by atoms with E-state index in [4.69, 9.17) is 19.4 Å². The van der Waals surface area contributed by atoms with Crippen molar-refractivity contribution in [2.24, 2.45) is 23.7 Å². The van der Waals surface area contributed by atoms with Crippen molar-refractivity contribution in [1.82, 2.24) is 40.4 Å². The summed E-state index contributed by atoms with van der Waals surface area (Å²) in [6.45, 7) is 6.27. The zero-order valence-electron chi connectivity index (χ0n) is 40.6. The normalized spacial score (nSPS) is 20.7. The summed E-state index contributed by atoms with van der Waals surface area (Å²) in [5.41, 5.74) is 6.51. The van der Waals surface area contributed by atoms with Crippen LogP contribution in [0.2, 0.25) is 0 Å². The molecule has 14 nitrogen and oxygen atoms in total. The van der Waals surface area contributed by atoms with Gasteiger partial charge in [0.1, 0.15) is 23.7 Å². The molecule has 2 aliphatic heterocycles. The minimum absolute atomic E-state index is 0.0491. The Bertz CT molecular complexity index is 2810. The number of H-pyrrole nitrogens is 2. The molecule has 2 aromatic heterocycles. The Morgan fingerprint density at radius 1 is 0.729 bits per heavy atom. The van der Waals surface area contributed by atoms with Gasteiger partial charge in [0.25, 0.3) is 0 Å². The fourth-order valence-corrected chi connectivity index (χ4v) is 11.2. The van der Waals surface area contributed by atoms with Gasteiger partial charge in [-0.25, -0.2) is 14.8 Å². The molecule has 4 fully saturated rings. The summed E-state index contributed by atoms with van der Waals surface area (Å²) in [5, 5.41) is 7.96. The highest BCUT2D eigenvalue weighted by atomic mass is 16.5. The molecule has 0 unspecified atom stereocenters. The number of ether oxygens (including phenoxy) is 2. The number of methoxy groups -OCH3 is 1. The van der Waals surface area contributed by atoms with E-state index in [0.29, 0.717) is 32.0 Å². The van der Waals surface area contributed by atoms with Crippen molar-refractivity contribution in [2.75, 3.05) is 33.4 Å². The number of likely N-dealkylation sites (tertiary alicyclic amines) is 2. The topological polar surface area (TPSA) is 175 Å². The van der Waals surface area contributed by atoms with E-state index in [9.17, 15) is 19.2 Å². The maximum absolute atomic E-state index is 14.9. The number of alkyl carbamates (subject to hydrolysis) is 1. The average Bonchev–Trinajstić information content (AvgIpc) is 4.21. The predicted molar refractivity (Wildman–Crippen MR) is 269 cm³/mol. The van der Waals surface area contributed by atoms with Gasteiger partial charge in [0.15, 0.2) is 0 Å². The fraction of sp³-hybridized carbons (Fsp3) is 0.464. The van der Waals surface area contributed by atoms with Gasteiger partial charge in [-0.2, -0.15) is 0 Å². The Labute approximate surface area is 409 Å². The number of amides is 4. The average molecular weight is 947 g/mol. The van der Waals surface area contributed by atoms with Gasteiger partial charge in [-0.1, -0.05) is 112 Å². The lowest BCUT2D eigenvalue weighted by Gasteiger charge is -2.31. The Morgan fingerprint density at radius 3 is 2.23 bits per heavy atom. The van der Waals surface area contributed by atoms with E-state index in [2.05, 4.69) is 75.2 Å². The number of aromatic nitrogens is 4. The van der Waals surface area contributed by atoms with E-state index in [0.717, 1.165) is 100 Å². The number of carbonyl (C=O) groups excluding carboxylic acids is 4. The Kier molecular flexibility index (Phi) is 14.0. The standard InChI is InChI=1S/C56H66N8O6/c1-34(2)48(62-56(68)69-3)54(66)63-27-11-18-46(63)51-57-30-45(59-51)38-21-19-37(20-22-38)41-23-25-43-42(29-41)24-26-44-50(43)60-52(58-44)47-28-36(33-70-32-35-12-6-4-7-13-35)31-64(47)55(67)49(39-14-8-5-9-15-39)61-53(65)40-16-10-17-40/h5,8-9,14-15,19-26,29-30,34-36,40,46-49H,4,6-7,10-13,16-18,27-28,31-33H2,1-3H3,(H,57,59)(H,58,60)(H,61,65)(H,62,68)/t36-,46-,47-,48-,49+/m0/s1. The SMILES string of the molecule is COC(=O)N[C@H](C(=O)N1CCC[C@H]1c1ncc(-c2ccc(-c3ccc4c(ccc5[nH]c([C@@H]6C[C@H](COCC7CCCCC7)CN6C(=O)[C@H](NC(=O)C6CCC6)c6ccccc6)nc54)c3)cc2)[nH]1)C(C)C. The van der Waals surface area contributed by atoms with Gasteiger partial charge in [0, 0.05) is 36.9 Å². The molecule has 10 rings (SSSR count). The van der Waals surface area contributed by atoms with E-state index in [1.165, 1.54) is 39.2 Å². The van der Waals surface area contributed by atoms with Crippen LogP contribution in [0.15, 0.2) is 91.1 Å². The quantitative estimate of drug-likeness (QED) is 0.0787. The van der Waals surface area contributed by atoms with Gasteiger partial charge in [0.2, 0.25) is 17.7 Å². The fourth-order valence-electron chi connectivity index (χ4n) is 11.2. The lowest BCUT2D eigenvalue weighted by atomic mass is 9.84. The molecule has 4 aliphatic rings. The monoisotopic (exact) mass is 947 g/mol. The third-order valence-corrected chi connectivity index (χ3v) is 15.4. The molecule has 0 radical (unpaired) electrons. The van der Waals surface area contributed by atoms with Crippen LogP contribution in [0.4, 0.5) is 4.79 Å². The molecule has 2 saturated heterocycles. The van der Waals surface area contributed by atoms with Crippen molar-refractivity contribution < 1.29 is 28.7 Å². The summed E-state index contributed by atoms with van der Waals surface area (Å²) in [4.78, 5) is 75.0. The molecule has 0 bridgehead atoms. The van der Waals surface area contributed by atoms with Gasteiger partial charge in [0.05, 0.1) is 48.7 Å². The van der Waals surface area contributed by atoms with Crippen molar-refractivity contribution in [1.29, 1.82) is 0 Å². The number of rotatable bonds is 15. The van der Waals surface area contributed by atoms with Crippen LogP contribution in [0, 0.1) is 23.7 Å². The van der Waals surface area contributed by atoms with Crippen molar-refractivity contribution in [3.63, 3.8) is 0 Å². The molecular weight excluding hydrogens is 881 g/mol. The maximum Gasteiger partial charge on any atom is 0.407 e. The van der Waals surface area contributed by atoms with Gasteiger partial charge in [-0.3, -0.25) is 14.4 Å². The minimum atomic E-state index is -0.796. The van der Waals surface area contributed by atoms with E-state index >= 15 is 0 Å². The Morgan fingerprint density at radius 2 is 1.49 bits per heavy atom. The van der Waals surface area contributed by atoms with E-state index < -0.39 is 18.2 Å². The van der Waals surface area contributed by atoms with Crippen LogP contribution in [0.5, 0.6) is 0 Å². The molecule has 0 spiro atoms. The van der Waals surface area contributed by atoms with E-state index in [-0.39, 0.29) is 47.6 Å². The summed E-state index contributed by atoms with van der Waals surface area (Å²) in [5.74, 6) is 1.72. The number of imidazole rings is 2. The first-order valence-corrected chi connectivity index (χ1v) is 25.6. The van der Waals surface area contributed by atoms with Crippen LogP contribution in [0.3, 0.4) is 0 Å². The van der Waals surface area contributed by atoms with Gasteiger partial charge in [-0.05, 0) is 96.6 Å². The van der Waals surface area contributed by atoms with Crippen LogP contribution in [0.25, 0.3) is 44.2 Å². The molecule has 14 heteroatoms. The Balaban J connectivity index is 0.872. The summed E-state index contributed by atoms with van der Waals surface area (Å²) >= 11 is 0. The number of fused-ring (bicyclic) bond motifs is 3. The lowest BCUT2D eigenvalue weighted by molar-refractivity contribution is -0.139. The Hall–Kier alpha value is -6.54. The number of aromatic amines is 2. The molecule has 4 aromatic carbocycles. The first kappa shape index (κ1) is 47.2. The first-order chi connectivity index (χ1) is 34.1. The summed E-state index contributed by atoms with van der Waals surface area (Å²) in [7, 11) is 1.30. The number of nitrogens with zero attached hydrogens (tertiary/aromatic N) is 4. The van der Waals surface area contributed by atoms with Crippen LogP contribution in [-0.2, 0) is 23.9 Å².